The molecule has 0 aliphatic carbocycles. The number of aryl methyl sites for hydroxylation is 1. The van der Waals surface area contributed by atoms with Crippen molar-refractivity contribution in [3.05, 3.63) is 88.1 Å². The van der Waals surface area contributed by atoms with Gasteiger partial charge in [-0.15, -0.1) is 0 Å². The number of hydrogen-bond acceptors (Lipinski definition) is 3. The maximum Gasteiger partial charge on any atom is 0.297 e. The summed E-state index contributed by atoms with van der Waals surface area (Å²) in [6.45, 7) is 15.0. The number of allylic oxidation sites excluding steroid dienone is 9. The van der Waals surface area contributed by atoms with Crippen molar-refractivity contribution in [1.82, 2.24) is 0 Å². The number of benzene rings is 1. The maximum absolute atomic E-state index is 12.3. The normalized spacial score (nSPS) is 13.8. The first-order valence-corrected chi connectivity index (χ1v) is 14.6. The molecule has 0 unspecified atom stereocenters. The van der Waals surface area contributed by atoms with Crippen LogP contribution >= 0.6 is 0 Å². The van der Waals surface area contributed by atoms with Crippen LogP contribution in [-0.4, -0.2) is 15.0 Å². The Morgan fingerprint density at radius 1 is 0.639 bits per heavy atom. The SMILES string of the molecule is CC(C)=CCC/C(C)=C/CCC(C)=CCCC(C)=CCCC(C)=CCOS(=O)(=O)c1ccc(C)cc1. The van der Waals surface area contributed by atoms with E-state index >= 15 is 0 Å². The highest BCUT2D eigenvalue weighted by Gasteiger charge is 2.13. The quantitative estimate of drug-likeness (QED) is 0.164. The van der Waals surface area contributed by atoms with Gasteiger partial charge in [0, 0.05) is 0 Å². The highest BCUT2D eigenvalue weighted by molar-refractivity contribution is 7.86. The molecule has 0 N–H and O–H groups in total. The number of hydrogen-bond donors (Lipinski definition) is 0. The molecule has 0 aliphatic rings. The van der Waals surface area contributed by atoms with E-state index in [0.29, 0.717) is 0 Å². The highest BCUT2D eigenvalue weighted by atomic mass is 32.2. The van der Waals surface area contributed by atoms with Crippen molar-refractivity contribution in [2.75, 3.05) is 6.61 Å². The van der Waals surface area contributed by atoms with Crippen molar-refractivity contribution in [2.24, 2.45) is 0 Å². The summed E-state index contributed by atoms with van der Waals surface area (Å²) >= 11 is 0. The lowest BCUT2D eigenvalue weighted by Crippen LogP contribution is -2.06. The lowest BCUT2D eigenvalue weighted by atomic mass is 10.0. The summed E-state index contributed by atoms with van der Waals surface area (Å²) in [6, 6.07) is 6.71. The molecule has 36 heavy (non-hydrogen) atoms. The lowest BCUT2D eigenvalue weighted by molar-refractivity contribution is 0.356. The average Bonchev–Trinajstić information content (AvgIpc) is 2.79. The second-order valence-electron chi connectivity index (χ2n) is 10.2. The molecule has 0 saturated carbocycles. The summed E-state index contributed by atoms with van der Waals surface area (Å²) in [5.74, 6) is 0. The van der Waals surface area contributed by atoms with Crippen LogP contribution in [0.4, 0.5) is 0 Å². The van der Waals surface area contributed by atoms with E-state index in [-0.39, 0.29) is 11.5 Å². The molecule has 1 rings (SSSR count). The van der Waals surface area contributed by atoms with Gasteiger partial charge in [0.05, 0.1) is 11.5 Å². The van der Waals surface area contributed by atoms with E-state index < -0.39 is 10.1 Å². The van der Waals surface area contributed by atoms with Gasteiger partial charge in [-0.1, -0.05) is 75.9 Å². The van der Waals surface area contributed by atoms with E-state index in [0.717, 1.165) is 62.5 Å². The zero-order chi connectivity index (χ0) is 27.0. The standard InChI is InChI=1S/C32H48O3S/c1-26(2)12-8-13-27(3)14-9-15-28(4)16-10-17-29(5)18-11-19-30(6)24-25-35-36(33,34)32-22-20-31(7)21-23-32/h12,14,16,18,20-24H,8-11,13,15,17,19,25H2,1-7H3/b27-14+,28-16?,29-18?,30-24?. The molecule has 0 radical (unpaired) electrons. The molecule has 0 fully saturated rings. The predicted octanol–water partition coefficient (Wildman–Crippen LogP) is 9.57. The molecule has 0 bridgehead atoms. The molecule has 0 aliphatic heterocycles. The monoisotopic (exact) mass is 512 g/mol. The summed E-state index contributed by atoms with van der Waals surface area (Å²) < 4.78 is 29.7. The van der Waals surface area contributed by atoms with Crippen LogP contribution < -0.4 is 0 Å². The Kier molecular flexibility index (Phi) is 15.3. The first-order valence-electron chi connectivity index (χ1n) is 13.2. The van der Waals surface area contributed by atoms with Crippen LogP contribution in [0.2, 0.25) is 0 Å². The third-order valence-electron chi connectivity index (χ3n) is 6.15. The van der Waals surface area contributed by atoms with E-state index in [9.17, 15) is 8.42 Å². The Balaban J connectivity index is 2.31. The second-order valence-corrected chi connectivity index (χ2v) is 11.8. The van der Waals surface area contributed by atoms with Crippen LogP contribution in [0.25, 0.3) is 0 Å². The molecule has 0 heterocycles. The minimum absolute atomic E-state index is 0.0684. The Hall–Kier alpha value is -2.17. The van der Waals surface area contributed by atoms with Crippen molar-refractivity contribution in [3.63, 3.8) is 0 Å². The fraction of sp³-hybridized carbons (Fsp3) is 0.500. The second kappa shape index (κ2) is 17.3. The Morgan fingerprint density at radius 3 is 1.44 bits per heavy atom. The van der Waals surface area contributed by atoms with Gasteiger partial charge in [-0.2, -0.15) is 8.42 Å². The minimum atomic E-state index is -3.71. The van der Waals surface area contributed by atoms with Gasteiger partial charge in [0.15, 0.2) is 0 Å². The summed E-state index contributed by atoms with van der Waals surface area (Å²) in [5.41, 5.74) is 7.91. The fourth-order valence-electron chi connectivity index (χ4n) is 3.67. The molecule has 0 spiro atoms. The molecular weight excluding hydrogens is 464 g/mol. The van der Waals surface area contributed by atoms with Crippen LogP contribution in [0.15, 0.2) is 87.4 Å². The van der Waals surface area contributed by atoms with Gasteiger partial charge in [-0.05, 0) is 112 Å². The zero-order valence-corrected chi connectivity index (χ0v) is 24.5. The van der Waals surface area contributed by atoms with Gasteiger partial charge in [0.25, 0.3) is 10.1 Å². The maximum atomic E-state index is 12.3. The highest BCUT2D eigenvalue weighted by Crippen LogP contribution is 2.16. The van der Waals surface area contributed by atoms with Crippen LogP contribution in [0.1, 0.15) is 98.5 Å². The lowest BCUT2D eigenvalue weighted by Gasteiger charge is -2.05. The molecule has 4 heteroatoms. The fourth-order valence-corrected chi connectivity index (χ4v) is 4.53. The Labute approximate surface area is 221 Å². The van der Waals surface area contributed by atoms with E-state index in [2.05, 4.69) is 58.9 Å². The van der Waals surface area contributed by atoms with Crippen molar-refractivity contribution >= 4 is 10.1 Å². The molecule has 1 aromatic carbocycles. The van der Waals surface area contributed by atoms with Gasteiger partial charge in [-0.3, -0.25) is 4.18 Å². The van der Waals surface area contributed by atoms with Crippen molar-refractivity contribution in [3.8, 4) is 0 Å². The summed E-state index contributed by atoms with van der Waals surface area (Å²) in [6.07, 6.45) is 19.8. The molecule has 200 valence electrons. The average molecular weight is 513 g/mol. The van der Waals surface area contributed by atoms with Gasteiger partial charge < -0.3 is 0 Å². The Bertz CT molecular complexity index is 1050. The van der Waals surface area contributed by atoms with Gasteiger partial charge >= 0.3 is 0 Å². The molecule has 1 aromatic rings. The minimum Gasteiger partial charge on any atom is -0.262 e. The van der Waals surface area contributed by atoms with Crippen LogP contribution in [0, 0.1) is 6.92 Å². The van der Waals surface area contributed by atoms with Crippen molar-refractivity contribution in [2.45, 2.75) is 105 Å². The molecule has 0 saturated heterocycles. The zero-order valence-electron chi connectivity index (χ0n) is 23.7. The smallest absolute Gasteiger partial charge is 0.262 e. The largest absolute Gasteiger partial charge is 0.297 e. The van der Waals surface area contributed by atoms with Crippen LogP contribution in [0.5, 0.6) is 0 Å². The van der Waals surface area contributed by atoms with Gasteiger partial charge in [-0.25, -0.2) is 0 Å². The molecule has 0 amide bonds. The van der Waals surface area contributed by atoms with E-state index in [1.54, 1.807) is 24.3 Å². The third kappa shape index (κ3) is 15.1. The number of rotatable bonds is 16. The molecule has 3 nitrogen and oxygen atoms in total. The summed E-state index contributed by atoms with van der Waals surface area (Å²) in [7, 11) is -3.71. The van der Waals surface area contributed by atoms with E-state index in [1.807, 2.05) is 19.9 Å². The van der Waals surface area contributed by atoms with Crippen LogP contribution in [-0.2, 0) is 14.3 Å². The summed E-state index contributed by atoms with van der Waals surface area (Å²) in [4.78, 5) is 0.198. The predicted molar refractivity (Wildman–Crippen MR) is 156 cm³/mol. The molecule has 0 aromatic heterocycles. The first kappa shape index (κ1) is 31.9. The summed E-state index contributed by atoms with van der Waals surface area (Å²) in [5, 5.41) is 0. The Morgan fingerprint density at radius 2 is 1.03 bits per heavy atom. The molecular formula is C32H48O3S. The van der Waals surface area contributed by atoms with E-state index in [1.165, 1.54) is 22.3 Å². The first-order chi connectivity index (χ1) is 17.0. The van der Waals surface area contributed by atoms with Crippen molar-refractivity contribution in [1.29, 1.82) is 0 Å². The molecule has 0 atom stereocenters. The van der Waals surface area contributed by atoms with E-state index in [4.69, 9.17) is 4.18 Å². The van der Waals surface area contributed by atoms with Crippen LogP contribution in [0.3, 0.4) is 0 Å². The van der Waals surface area contributed by atoms with Gasteiger partial charge in [0.2, 0.25) is 0 Å². The van der Waals surface area contributed by atoms with Gasteiger partial charge in [0.1, 0.15) is 0 Å². The third-order valence-corrected chi connectivity index (χ3v) is 7.45. The van der Waals surface area contributed by atoms with Crippen molar-refractivity contribution < 1.29 is 12.6 Å². The topological polar surface area (TPSA) is 43.4 Å².